The van der Waals surface area contributed by atoms with Crippen LogP contribution in [-0.2, 0) is 4.74 Å². The van der Waals surface area contributed by atoms with E-state index in [9.17, 15) is 0 Å². The molecule has 1 saturated carbocycles. The summed E-state index contributed by atoms with van der Waals surface area (Å²) >= 11 is 0. The molecular formula is C8H13BO. The van der Waals surface area contributed by atoms with E-state index in [1.54, 1.807) is 0 Å². The van der Waals surface area contributed by atoms with Crippen LogP contribution in [0, 0.1) is 11.8 Å². The Balaban J connectivity index is 2.26. The molecule has 4 atom stereocenters. The van der Waals surface area contributed by atoms with Gasteiger partial charge < -0.3 is 4.74 Å². The van der Waals surface area contributed by atoms with Gasteiger partial charge in [-0.05, 0) is 31.6 Å². The number of fused-ring (bicyclic) bond motifs is 2. The van der Waals surface area contributed by atoms with Gasteiger partial charge in [0, 0.05) is 6.00 Å². The second-order valence-corrected chi connectivity index (χ2v) is 3.89. The van der Waals surface area contributed by atoms with Gasteiger partial charge in [0.15, 0.2) is 0 Å². The minimum Gasteiger partial charge on any atom is -0.381 e. The molecule has 2 radical (unpaired) electrons. The Morgan fingerprint density at radius 3 is 2.50 bits per heavy atom. The highest BCUT2D eigenvalue weighted by atomic mass is 16.5. The van der Waals surface area contributed by atoms with Crippen molar-refractivity contribution in [2.45, 2.75) is 38.3 Å². The van der Waals surface area contributed by atoms with Gasteiger partial charge in [0.2, 0.25) is 0 Å². The van der Waals surface area contributed by atoms with Crippen LogP contribution in [0.1, 0.15) is 26.7 Å². The van der Waals surface area contributed by atoms with Crippen LogP contribution in [0.25, 0.3) is 0 Å². The standard InChI is InChI=1S/C8H13BO/c1-5-6-3-4-8(5,2)10-7(6)9/h5-7H,3-4H2,1-2H3/t5?,6-,7+,8?/m0/s1. The summed E-state index contributed by atoms with van der Waals surface area (Å²) in [7, 11) is 5.77. The molecule has 2 fully saturated rings. The highest BCUT2D eigenvalue weighted by Gasteiger charge is 2.52. The van der Waals surface area contributed by atoms with Crippen LogP contribution in [0.3, 0.4) is 0 Å². The largest absolute Gasteiger partial charge is 0.381 e. The van der Waals surface area contributed by atoms with Crippen molar-refractivity contribution in [3.8, 4) is 0 Å². The molecule has 0 amide bonds. The SMILES string of the molecule is [B][C@@H]1OC2(C)CC[C@H]1C2C. The lowest BCUT2D eigenvalue weighted by Gasteiger charge is -2.26. The topological polar surface area (TPSA) is 9.23 Å². The van der Waals surface area contributed by atoms with Crippen molar-refractivity contribution >= 4 is 7.85 Å². The van der Waals surface area contributed by atoms with Gasteiger partial charge in [-0.25, -0.2) is 0 Å². The quantitative estimate of drug-likeness (QED) is 0.456. The van der Waals surface area contributed by atoms with Gasteiger partial charge in [0.1, 0.15) is 7.85 Å². The Morgan fingerprint density at radius 1 is 1.60 bits per heavy atom. The Bertz CT molecular complexity index is 159. The van der Waals surface area contributed by atoms with Crippen molar-refractivity contribution in [2.75, 3.05) is 0 Å². The van der Waals surface area contributed by atoms with Crippen LogP contribution in [0.15, 0.2) is 0 Å². The molecule has 0 spiro atoms. The summed E-state index contributed by atoms with van der Waals surface area (Å²) in [6.07, 6.45) is 2.46. The third kappa shape index (κ3) is 0.632. The molecule has 2 aliphatic rings. The lowest BCUT2D eigenvalue weighted by molar-refractivity contribution is -0.0324. The molecule has 54 valence electrons. The Hall–Kier alpha value is 0.0249. The van der Waals surface area contributed by atoms with Crippen molar-refractivity contribution in [3.63, 3.8) is 0 Å². The minimum absolute atomic E-state index is 0.0220. The predicted molar refractivity (Wildman–Crippen MR) is 40.9 cm³/mol. The summed E-state index contributed by atoms with van der Waals surface area (Å²) in [6.45, 7) is 4.44. The molecule has 0 aromatic carbocycles. The zero-order chi connectivity index (χ0) is 7.35. The smallest absolute Gasteiger partial charge is 0.109 e. The highest BCUT2D eigenvalue weighted by Crippen LogP contribution is 2.51. The molecule has 1 saturated heterocycles. The van der Waals surface area contributed by atoms with Crippen molar-refractivity contribution in [3.05, 3.63) is 0 Å². The maximum absolute atomic E-state index is 5.77. The van der Waals surface area contributed by atoms with Crippen LogP contribution in [-0.4, -0.2) is 19.5 Å². The van der Waals surface area contributed by atoms with Gasteiger partial charge >= 0.3 is 0 Å². The second-order valence-electron chi connectivity index (χ2n) is 3.89. The van der Waals surface area contributed by atoms with Crippen LogP contribution >= 0.6 is 0 Å². The van der Waals surface area contributed by atoms with E-state index >= 15 is 0 Å². The van der Waals surface area contributed by atoms with Gasteiger partial charge in [-0.2, -0.15) is 0 Å². The predicted octanol–water partition coefficient (Wildman–Crippen LogP) is 1.32. The second kappa shape index (κ2) is 1.79. The summed E-state index contributed by atoms with van der Waals surface area (Å²) in [5.74, 6) is 1.30. The molecule has 1 aliphatic carbocycles. The molecule has 10 heavy (non-hydrogen) atoms. The maximum atomic E-state index is 5.77. The summed E-state index contributed by atoms with van der Waals surface area (Å²) in [5.41, 5.74) is 0.115. The van der Waals surface area contributed by atoms with E-state index in [0.717, 1.165) is 0 Å². The molecule has 1 heterocycles. The maximum Gasteiger partial charge on any atom is 0.109 e. The van der Waals surface area contributed by atoms with Crippen LogP contribution in [0.4, 0.5) is 0 Å². The molecule has 1 nitrogen and oxygen atoms in total. The van der Waals surface area contributed by atoms with Crippen molar-refractivity contribution in [1.82, 2.24) is 0 Å². The van der Waals surface area contributed by atoms with E-state index in [4.69, 9.17) is 12.6 Å². The third-order valence-electron chi connectivity index (χ3n) is 3.41. The van der Waals surface area contributed by atoms with Crippen molar-refractivity contribution < 1.29 is 4.74 Å². The molecule has 2 unspecified atom stereocenters. The number of ether oxygens (including phenoxy) is 1. The normalized spacial score (nSPS) is 59.6. The van der Waals surface area contributed by atoms with E-state index in [1.165, 1.54) is 12.8 Å². The summed E-state index contributed by atoms with van der Waals surface area (Å²) in [5, 5.41) is 0. The average Bonchev–Trinajstić information content (AvgIpc) is 2.20. The monoisotopic (exact) mass is 136 g/mol. The van der Waals surface area contributed by atoms with Gasteiger partial charge in [0.25, 0.3) is 0 Å². The molecule has 0 N–H and O–H groups in total. The summed E-state index contributed by atoms with van der Waals surface area (Å²) < 4.78 is 5.64. The van der Waals surface area contributed by atoms with Gasteiger partial charge in [-0.1, -0.05) is 6.92 Å². The molecule has 1 aliphatic heterocycles. The van der Waals surface area contributed by atoms with Gasteiger partial charge in [-0.15, -0.1) is 0 Å². The molecule has 2 bridgehead atoms. The van der Waals surface area contributed by atoms with Gasteiger partial charge in [-0.3, -0.25) is 0 Å². The van der Waals surface area contributed by atoms with E-state index < -0.39 is 0 Å². The lowest BCUT2D eigenvalue weighted by Crippen LogP contribution is -2.29. The van der Waals surface area contributed by atoms with E-state index in [-0.39, 0.29) is 11.6 Å². The fraction of sp³-hybridized carbons (Fsp3) is 1.00. The molecule has 2 heteroatoms. The van der Waals surface area contributed by atoms with Crippen LogP contribution in [0.2, 0.25) is 0 Å². The first-order valence-electron chi connectivity index (χ1n) is 4.07. The van der Waals surface area contributed by atoms with E-state index in [1.807, 2.05) is 0 Å². The van der Waals surface area contributed by atoms with E-state index in [2.05, 4.69) is 13.8 Å². The van der Waals surface area contributed by atoms with Crippen LogP contribution in [0.5, 0.6) is 0 Å². The summed E-state index contributed by atoms with van der Waals surface area (Å²) in [6, 6.07) is 0.0220. The fourth-order valence-electron chi connectivity index (χ4n) is 2.40. The number of hydrogen-bond acceptors (Lipinski definition) is 1. The van der Waals surface area contributed by atoms with Crippen LogP contribution < -0.4 is 0 Å². The Labute approximate surface area is 63.5 Å². The minimum atomic E-state index is 0.0220. The number of rotatable bonds is 0. The Kier molecular flexibility index (Phi) is 1.20. The first-order valence-corrected chi connectivity index (χ1v) is 4.07. The first kappa shape index (κ1) is 6.72. The van der Waals surface area contributed by atoms with E-state index in [0.29, 0.717) is 11.8 Å². The molecule has 2 rings (SSSR count). The van der Waals surface area contributed by atoms with Crippen molar-refractivity contribution in [1.29, 1.82) is 0 Å². The highest BCUT2D eigenvalue weighted by molar-refractivity contribution is 6.11. The van der Waals surface area contributed by atoms with Crippen molar-refractivity contribution in [2.24, 2.45) is 11.8 Å². The molecule has 0 aromatic rings. The number of hydrogen-bond donors (Lipinski definition) is 0. The molecular weight excluding hydrogens is 123 g/mol. The summed E-state index contributed by atoms with van der Waals surface area (Å²) in [4.78, 5) is 0. The Morgan fingerprint density at radius 2 is 2.30 bits per heavy atom. The average molecular weight is 136 g/mol. The first-order chi connectivity index (χ1) is 4.63. The fourth-order valence-corrected chi connectivity index (χ4v) is 2.40. The molecule has 0 aromatic heterocycles. The zero-order valence-corrected chi connectivity index (χ0v) is 6.63. The van der Waals surface area contributed by atoms with Gasteiger partial charge in [0.05, 0.1) is 5.60 Å². The third-order valence-corrected chi connectivity index (χ3v) is 3.41. The lowest BCUT2D eigenvalue weighted by atomic mass is 9.82. The zero-order valence-electron chi connectivity index (χ0n) is 6.63.